The average molecular weight is 537 g/mol. The van der Waals surface area contributed by atoms with E-state index in [0.717, 1.165) is 12.1 Å². The number of hydrogen-bond acceptors (Lipinski definition) is 7. The quantitative estimate of drug-likeness (QED) is 0.494. The Bertz CT molecular complexity index is 1320. The topological polar surface area (TPSA) is 111 Å². The molecule has 1 aliphatic rings. The Morgan fingerprint density at radius 1 is 1.24 bits per heavy atom. The fourth-order valence-corrected chi connectivity index (χ4v) is 5.07. The Morgan fingerprint density at radius 2 is 2.00 bits per heavy atom. The molecule has 34 heavy (non-hydrogen) atoms. The molecule has 0 amide bonds. The van der Waals surface area contributed by atoms with Gasteiger partial charge < -0.3 is 14.6 Å². The van der Waals surface area contributed by atoms with Gasteiger partial charge in [0.1, 0.15) is 12.0 Å². The Balaban J connectivity index is 1.75. The monoisotopic (exact) mass is 536 g/mol. The smallest absolute Gasteiger partial charge is 0.378 e. The lowest BCUT2D eigenvalue weighted by Crippen LogP contribution is -2.25. The molecule has 3 aromatic rings. The summed E-state index contributed by atoms with van der Waals surface area (Å²) >= 11 is 11.6. The minimum atomic E-state index is -4.84. The first-order valence-corrected chi connectivity index (χ1v) is 11.9. The number of rotatable bonds is 6. The number of methoxy groups -OCH3 is 1. The van der Waals surface area contributed by atoms with Gasteiger partial charge in [0.2, 0.25) is 0 Å². The second kappa shape index (κ2) is 9.30. The molecule has 1 fully saturated rings. The molecule has 3 heterocycles. The van der Waals surface area contributed by atoms with Gasteiger partial charge in [-0.25, -0.2) is 13.4 Å². The number of nitrogens with one attached hydrogen (secondary N) is 2. The Kier molecular flexibility index (Phi) is 6.75. The van der Waals surface area contributed by atoms with E-state index >= 15 is 0 Å². The fraction of sp³-hybridized carbons (Fsp3) is 0.316. The standard InChI is InChI=1S/C19H17Cl2F3N6O3S/c1-33-16-8-25-7-15(16)30-9-27-28-18(30)17-14(4-10(20)6-26-17)29-34(31,32)11-2-3-13(21)12(5-11)19(22,23)24/h2-6,9,15-16,25,29H,7-8H2,1H3. The molecule has 1 aliphatic heterocycles. The van der Waals surface area contributed by atoms with Crippen molar-refractivity contribution >= 4 is 38.9 Å². The third-order valence-corrected chi connectivity index (χ3v) is 7.12. The molecule has 2 atom stereocenters. The van der Waals surface area contributed by atoms with Crippen molar-refractivity contribution in [2.45, 2.75) is 23.2 Å². The van der Waals surface area contributed by atoms with Crippen molar-refractivity contribution in [2.24, 2.45) is 0 Å². The zero-order chi connectivity index (χ0) is 24.7. The van der Waals surface area contributed by atoms with Gasteiger partial charge in [0.25, 0.3) is 10.0 Å². The van der Waals surface area contributed by atoms with Crippen LogP contribution in [0.15, 0.2) is 41.7 Å². The number of alkyl halides is 3. The van der Waals surface area contributed by atoms with Gasteiger partial charge in [0.15, 0.2) is 5.82 Å². The van der Waals surface area contributed by atoms with E-state index in [2.05, 4.69) is 25.2 Å². The van der Waals surface area contributed by atoms with E-state index in [9.17, 15) is 21.6 Å². The molecule has 0 bridgehead atoms. The molecular weight excluding hydrogens is 520 g/mol. The number of aromatic nitrogens is 4. The highest BCUT2D eigenvalue weighted by molar-refractivity contribution is 7.92. The van der Waals surface area contributed by atoms with E-state index in [-0.39, 0.29) is 34.4 Å². The highest BCUT2D eigenvalue weighted by Gasteiger charge is 2.35. The van der Waals surface area contributed by atoms with E-state index in [1.165, 1.54) is 18.6 Å². The molecule has 1 aromatic carbocycles. The van der Waals surface area contributed by atoms with Crippen LogP contribution in [0, 0.1) is 0 Å². The van der Waals surface area contributed by atoms with Crippen LogP contribution in [-0.4, -0.2) is 54.5 Å². The largest absolute Gasteiger partial charge is 0.417 e. The Labute approximate surface area is 202 Å². The number of sulfonamides is 1. The lowest BCUT2D eigenvalue weighted by atomic mass is 10.2. The van der Waals surface area contributed by atoms with Gasteiger partial charge in [0, 0.05) is 26.4 Å². The summed E-state index contributed by atoms with van der Waals surface area (Å²) in [6, 6.07) is 3.36. The van der Waals surface area contributed by atoms with E-state index in [1.54, 1.807) is 11.7 Å². The van der Waals surface area contributed by atoms with Crippen LogP contribution in [0.2, 0.25) is 10.0 Å². The van der Waals surface area contributed by atoms with Gasteiger partial charge in [-0.2, -0.15) is 13.2 Å². The molecule has 0 aliphatic carbocycles. The van der Waals surface area contributed by atoms with Crippen molar-refractivity contribution < 1.29 is 26.3 Å². The summed E-state index contributed by atoms with van der Waals surface area (Å²) in [4.78, 5) is 3.57. The highest BCUT2D eigenvalue weighted by atomic mass is 35.5. The Morgan fingerprint density at radius 3 is 2.71 bits per heavy atom. The molecule has 2 unspecified atom stereocenters. The zero-order valence-electron chi connectivity index (χ0n) is 17.3. The molecule has 2 aromatic heterocycles. The molecular formula is C19H17Cl2F3N6O3S. The highest BCUT2D eigenvalue weighted by Crippen LogP contribution is 2.37. The summed E-state index contributed by atoms with van der Waals surface area (Å²) in [6.07, 6.45) is -2.28. The maximum absolute atomic E-state index is 13.2. The van der Waals surface area contributed by atoms with Gasteiger partial charge >= 0.3 is 6.18 Å². The minimum Gasteiger partial charge on any atom is -0.378 e. The summed E-state index contributed by atoms with van der Waals surface area (Å²) in [5.74, 6) is 0.220. The molecule has 0 saturated carbocycles. The molecule has 1 saturated heterocycles. The van der Waals surface area contributed by atoms with Gasteiger partial charge in [0.05, 0.1) is 38.3 Å². The van der Waals surface area contributed by atoms with Crippen molar-refractivity contribution in [3.05, 3.63) is 52.4 Å². The van der Waals surface area contributed by atoms with Crippen LogP contribution in [0.4, 0.5) is 18.9 Å². The van der Waals surface area contributed by atoms with Gasteiger partial charge in [-0.05, 0) is 24.3 Å². The second-order valence-electron chi connectivity index (χ2n) is 7.36. The predicted molar refractivity (Wildman–Crippen MR) is 118 cm³/mol. The van der Waals surface area contributed by atoms with Crippen molar-refractivity contribution in [3.8, 4) is 11.5 Å². The van der Waals surface area contributed by atoms with Crippen LogP contribution in [0.1, 0.15) is 11.6 Å². The van der Waals surface area contributed by atoms with Crippen molar-refractivity contribution in [1.29, 1.82) is 0 Å². The van der Waals surface area contributed by atoms with Crippen molar-refractivity contribution in [1.82, 2.24) is 25.1 Å². The SMILES string of the molecule is COC1CNCC1n1cnnc1-c1ncc(Cl)cc1NS(=O)(=O)c1ccc(Cl)c(C(F)(F)F)c1. The molecule has 15 heteroatoms. The summed E-state index contributed by atoms with van der Waals surface area (Å²) in [5, 5.41) is 10.7. The number of nitrogens with zero attached hydrogens (tertiary/aromatic N) is 4. The van der Waals surface area contributed by atoms with Crippen LogP contribution in [0.25, 0.3) is 11.5 Å². The van der Waals surface area contributed by atoms with Crippen molar-refractivity contribution in [2.75, 3.05) is 24.9 Å². The van der Waals surface area contributed by atoms with Gasteiger partial charge in [-0.3, -0.25) is 4.72 Å². The van der Waals surface area contributed by atoms with Crippen LogP contribution in [-0.2, 0) is 20.9 Å². The summed E-state index contributed by atoms with van der Waals surface area (Å²) in [6.45, 7) is 1.13. The minimum absolute atomic E-state index is 0.0808. The van der Waals surface area contributed by atoms with E-state index in [1.807, 2.05) is 0 Å². The molecule has 0 radical (unpaired) electrons. The zero-order valence-corrected chi connectivity index (χ0v) is 19.7. The summed E-state index contributed by atoms with van der Waals surface area (Å²) in [5.41, 5.74) is -1.29. The average Bonchev–Trinajstić information content (AvgIpc) is 3.41. The fourth-order valence-electron chi connectivity index (χ4n) is 3.60. The molecule has 2 N–H and O–H groups in total. The van der Waals surface area contributed by atoms with Crippen LogP contribution in [0.3, 0.4) is 0 Å². The van der Waals surface area contributed by atoms with Crippen LogP contribution >= 0.6 is 23.2 Å². The van der Waals surface area contributed by atoms with Gasteiger partial charge in [-0.15, -0.1) is 10.2 Å². The maximum Gasteiger partial charge on any atom is 0.417 e. The maximum atomic E-state index is 13.2. The van der Waals surface area contributed by atoms with Crippen LogP contribution in [0.5, 0.6) is 0 Å². The summed E-state index contributed by atoms with van der Waals surface area (Å²) in [7, 11) is -2.93. The first-order chi connectivity index (χ1) is 16.0. The second-order valence-corrected chi connectivity index (χ2v) is 9.88. The number of hydrogen-bond donors (Lipinski definition) is 2. The first-order valence-electron chi connectivity index (χ1n) is 9.70. The van der Waals surface area contributed by atoms with Crippen LogP contribution < -0.4 is 10.0 Å². The van der Waals surface area contributed by atoms with E-state index in [4.69, 9.17) is 27.9 Å². The number of benzene rings is 1. The molecule has 0 spiro atoms. The predicted octanol–water partition coefficient (Wildman–Crippen LogP) is 3.63. The third-order valence-electron chi connectivity index (χ3n) is 5.23. The summed E-state index contributed by atoms with van der Waals surface area (Å²) < 4.78 is 75.1. The lowest BCUT2D eigenvalue weighted by molar-refractivity contribution is -0.137. The third kappa shape index (κ3) is 4.84. The Hall–Kier alpha value is -2.45. The number of pyridine rings is 1. The van der Waals surface area contributed by atoms with E-state index < -0.39 is 31.7 Å². The van der Waals surface area contributed by atoms with Gasteiger partial charge in [-0.1, -0.05) is 23.2 Å². The number of halogens is 5. The number of ether oxygens (including phenoxy) is 1. The molecule has 182 valence electrons. The molecule has 4 rings (SSSR count). The first kappa shape index (κ1) is 24.7. The normalized spacial score (nSPS) is 18.9. The lowest BCUT2D eigenvalue weighted by Gasteiger charge is -2.20. The molecule has 9 nitrogen and oxygen atoms in total. The number of anilines is 1. The van der Waals surface area contributed by atoms with E-state index in [0.29, 0.717) is 19.2 Å². The van der Waals surface area contributed by atoms with Crippen molar-refractivity contribution in [3.63, 3.8) is 0 Å².